The van der Waals surface area contributed by atoms with Gasteiger partial charge >= 0.3 is 29.6 Å². The summed E-state index contributed by atoms with van der Waals surface area (Å²) in [7, 11) is 0. The second-order valence-corrected chi connectivity index (χ2v) is 3.48. The molecule has 0 aliphatic carbocycles. The Labute approximate surface area is 100 Å². The van der Waals surface area contributed by atoms with Gasteiger partial charge in [0.1, 0.15) is 0 Å². The molecule has 1 N–H and O–H groups in total. The molecule has 1 unspecified atom stereocenters. The van der Waals surface area contributed by atoms with E-state index in [1.54, 1.807) is 0 Å². The minimum absolute atomic E-state index is 0. The second kappa shape index (κ2) is 9.79. The monoisotopic (exact) mass is 180 g/mol. The van der Waals surface area contributed by atoms with Gasteiger partial charge in [-0.3, -0.25) is 0 Å². The Morgan fingerprint density at radius 1 is 1.42 bits per heavy atom. The molecule has 0 amide bonds. The molecule has 0 saturated heterocycles. The normalized spacial score (nSPS) is 11.7. The Balaban J connectivity index is -0.000000500. The molecule has 1 atom stereocenters. The molecule has 2 heteroatoms. The van der Waals surface area contributed by atoms with E-state index in [-0.39, 0.29) is 31.0 Å². The summed E-state index contributed by atoms with van der Waals surface area (Å²) in [6, 6.07) is 0. The van der Waals surface area contributed by atoms with E-state index >= 15 is 0 Å². The van der Waals surface area contributed by atoms with E-state index in [1.165, 1.54) is 12.0 Å². The van der Waals surface area contributed by atoms with Crippen LogP contribution in [0.25, 0.3) is 0 Å². The Hall–Kier alpha value is 0.700. The SMILES string of the molecule is CC(C)=CCCC(C)CCO.[H-].[Na+]. The van der Waals surface area contributed by atoms with Crippen molar-refractivity contribution in [1.82, 2.24) is 0 Å². The second-order valence-electron chi connectivity index (χ2n) is 3.48. The molecule has 12 heavy (non-hydrogen) atoms. The van der Waals surface area contributed by atoms with Crippen molar-refractivity contribution < 1.29 is 36.1 Å². The summed E-state index contributed by atoms with van der Waals surface area (Å²) in [6.07, 6.45) is 5.56. The van der Waals surface area contributed by atoms with Gasteiger partial charge in [-0.1, -0.05) is 18.6 Å². The standard InChI is InChI=1S/C10H20O.Na.H/c1-9(2)5-4-6-10(3)7-8-11;;/h5,10-11H,4,6-8H2,1-3H3;;/q;+1;-1. The predicted molar refractivity (Wildman–Crippen MR) is 50.6 cm³/mol. The number of rotatable bonds is 5. The minimum atomic E-state index is 0. The zero-order valence-electron chi connectivity index (χ0n) is 9.93. The van der Waals surface area contributed by atoms with Gasteiger partial charge in [0.25, 0.3) is 0 Å². The van der Waals surface area contributed by atoms with E-state index in [2.05, 4.69) is 26.8 Å². The van der Waals surface area contributed by atoms with Gasteiger partial charge in [-0.15, -0.1) is 0 Å². The molecule has 0 radical (unpaired) electrons. The molecule has 0 aliphatic heterocycles. The molecule has 0 aromatic heterocycles. The van der Waals surface area contributed by atoms with Gasteiger partial charge in [0.2, 0.25) is 0 Å². The zero-order valence-corrected chi connectivity index (χ0v) is 10.9. The molecule has 0 aromatic carbocycles. The minimum Gasteiger partial charge on any atom is -1.00 e. The molecule has 1 nitrogen and oxygen atoms in total. The van der Waals surface area contributed by atoms with Crippen LogP contribution < -0.4 is 29.6 Å². The molecule has 0 fully saturated rings. The summed E-state index contributed by atoms with van der Waals surface area (Å²) in [5.41, 5.74) is 1.39. The van der Waals surface area contributed by atoms with Crippen LogP contribution in [-0.2, 0) is 0 Å². The first-order valence-corrected chi connectivity index (χ1v) is 4.41. The summed E-state index contributed by atoms with van der Waals surface area (Å²) in [5, 5.41) is 8.63. The van der Waals surface area contributed by atoms with Gasteiger partial charge < -0.3 is 6.53 Å². The van der Waals surface area contributed by atoms with Gasteiger partial charge in [0, 0.05) is 6.61 Å². The molecule has 0 bridgehead atoms. The molecule has 0 saturated carbocycles. The Kier molecular flexibility index (Phi) is 12.4. The molecule has 0 aromatic rings. The van der Waals surface area contributed by atoms with E-state index in [0.717, 1.165) is 12.8 Å². The van der Waals surface area contributed by atoms with Crippen LogP contribution in [0.1, 0.15) is 41.5 Å². The maximum Gasteiger partial charge on any atom is 1.00 e. The van der Waals surface area contributed by atoms with Gasteiger partial charge in [0.05, 0.1) is 0 Å². The van der Waals surface area contributed by atoms with E-state index in [0.29, 0.717) is 12.5 Å². The van der Waals surface area contributed by atoms with Gasteiger partial charge in [-0.05, 0) is 39.0 Å². The van der Waals surface area contributed by atoms with Crippen LogP contribution in [0.15, 0.2) is 11.6 Å². The van der Waals surface area contributed by atoms with Crippen molar-refractivity contribution in [3.63, 3.8) is 0 Å². The molecular weight excluding hydrogens is 159 g/mol. The number of aliphatic hydroxyl groups excluding tert-OH is 1. The van der Waals surface area contributed by atoms with Crippen LogP contribution in [0.5, 0.6) is 0 Å². The van der Waals surface area contributed by atoms with Crippen molar-refractivity contribution in [1.29, 1.82) is 0 Å². The van der Waals surface area contributed by atoms with E-state index in [4.69, 9.17) is 5.11 Å². The van der Waals surface area contributed by atoms with E-state index in [1.807, 2.05) is 0 Å². The first kappa shape index (κ1) is 15.2. The first-order valence-electron chi connectivity index (χ1n) is 4.41. The summed E-state index contributed by atoms with van der Waals surface area (Å²) in [5.74, 6) is 0.663. The molecule has 0 heterocycles. The number of hydrogen-bond donors (Lipinski definition) is 1. The van der Waals surface area contributed by atoms with Crippen molar-refractivity contribution >= 4 is 0 Å². The van der Waals surface area contributed by atoms with Crippen molar-refractivity contribution in [2.75, 3.05) is 6.61 Å². The number of allylic oxidation sites excluding steroid dienone is 2. The first-order chi connectivity index (χ1) is 5.16. The zero-order chi connectivity index (χ0) is 8.69. The third-order valence-corrected chi connectivity index (χ3v) is 1.83. The molecular formula is C10H21NaO. The molecule has 0 aliphatic rings. The van der Waals surface area contributed by atoms with Crippen molar-refractivity contribution in [3.05, 3.63) is 11.6 Å². The predicted octanol–water partition coefficient (Wildman–Crippen LogP) is -0.132. The van der Waals surface area contributed by atoms with Crippen LogP contribution >= 0.6 is 0 Å². The number of aliphatic hydroxyl groups is 1. The average molecular weight is 180 g/mol. The molecule has 0 rings (SSSR count). The molecule has 0 spiro atoms. The van der Waals surface area contributed by atoms with Gasteiger partial charge in [-0.2, -0.15) is 0 Å². The van der Waals surface area contributed by atoms with E-state index in [9.17, 15) is 0 Å². The van der Waals surface area contributed by atoms with E-state index < -0.39 is 0 Å². The van der Waals surface area contributed by atoms with Crippen molar-refractivity contribution in [2.45, 2.75) is 40.0 Å². The number of hydrogen-bond acceptors (Lipinski definition) is 1. The van der Waals surface area contributed by atoms with Crippen LogP contribution in [0, 0.1) is 5.92 Å². The maximum absolute atomic E-state index is 8.63. The largest absolute Gasteiger partial charge is 1.00 e. The third-order valence-electron chi connectivity index (χ3n) is 1.83. The fourth-order valence-corrected chi connectivity index (χ4v) is 1.02. The van der Waals surface area contributed by atoms with Gasteiger partial charge in [-0.25, -0.2) is 0 Å². The summed E-state index contributed by atoms with van der Waals surface area (Å²) in [4.78, 5) is 0. The van der Waals surface area contributed by atoms with Crippen LogP contribution in [0.3, 0.4) is 0 Å². The smallest absolute Gasteiger partial charge is 1.00 e. The third kappa shape index (κ3) is 10.7. The van der Waals surface area contributed by atoms with Crippen molar-refractivity contribution in [2.24, 2.45) is 5.92 Å². The quantitative estimate of drug-likeness (QED) is 0.461. The van der Waals surface area contributed by atoms with Crippen LogP contribution in [0.2, 0.25) is 0 Å². The van der Waals surface area contributed by atoms with Crippen LogP contribution in [0.4, 0.5) is 0 Å². The summed E-state index contributed by atoms with van der Waals surface area (Å²) >= 11 is 0. The van der Waals surface area contributed by atoms with Gasteiger partial charge in [0.15, 0.2) is 0 Å². The Morgan fingerprint density at radius 3 is 2.42 bits per heavy atom. The Morgan fingerprint density at radius 2 is 2.00 bits per heavy atom. The fraction of sp³-hybridized carbons (Fsp3) is 0.800. The fourth-order valence-electron chi connectivity index (χ4n) is 1.02. The average Bonchev–Trinajstić information content (AvgIpc) is 1.87. The summed E-state index contributed by atoms with van der Waals surface area (Å²) in [6.45, 7) is 6.76. The molecule has 68 valence electrons. The summed E-state index contributed by atoms with van der Waals surface area (Å²) < 4.78 is 0. The van der Waals surface area contributed by atoms with Crippen molar-refractivity contribution in [3.8, 4) is 0 Å². The van der Waals surface area contributed by atoms with Crippen LogP contribution in [-0.4, -0.2) is 11.7 Å². The topological polar surface area (TPSA) is 20.2 Å². The maximum atomic E-state index is 8.63. The Bertz CT molecular complexity index is 122.